The fraction of sp³-hybridized carbons (Fsp3) is 0.708. The molecule has 1 fully saturated rings. The Balaban J connectivity index is 1.59. The molecule has 1 saturated heterocycles. The molecule has 0 N–H and O–H groups in total. The van der Waals surface area contributed by atoms with Crippen molar-refractivity contribution in [2.75, 3.05) is 31.1 Å². The molecule has 1 aromatic rings. The van der Waals surface area contributed by atoms with Crippen LogP contribution in [0.15, 0.2) is 18.2 Å². The summed E-state index contributed by atoms with van der Waals surface area (Å²) in [4.78, 5) is 17.0. The van der Waals surface area contributed by atoms with Crippen LogP contribution in [0.3, 0.4) is 0 Å². The second-order valence-corrected chi connectivity index (χ2v) is 8.17. The molecule has 1 aromatic carbocycles. The number of piperazine rings is 1. The van der Waals surface area contributed by atoms with E-state index in [0.29, 0.717) is 5.91 Å². The molecule has 0 saturated carbocycles. The highest BCUT2D eigenvalue weighted by Gasteiger charge is 2.21. The van der Waals surface area contributed by atoms with E-state index in [2.05, 4.69) is 48.8 Å². The molecule has 1 amide bonds. The highest BCUT2D eigenvalue weighted by molar-refractivity contribution is 5.76. The zero-order valence-electron chi connectivity index (χ0n) is 17.9. The van der Waals surface area contributed by atoms with E-state index >= 15 is 0 Å². The lowest BCUT2D eigenvalue weighted by Crippen LogP contribution is -2.49. The molecule has 0 aliphatic carbocycles. The van der Waals surface area contributed by atoms with Gasteiger partial charge in [0, 0.05) is 38.3 Å². The Morgan fingerprint density at radius 1 is 0.852 bits per heavy atom. The van der Waals surface area contributed by atoms with Gasteiger partial charge in [0.05, 0.1) is 0 Å². The van der Waals surface area contributed by atoms with E-state index in [9.17, 15) is 4.79 Å². The number of aryl methyl sites for hydroxylation is 1. The number of rotatable bonds is 11. The van der Waals surface area contributed by atoms with Crippen LogP contribution in [-0.4, -0.2) is 37.0 Å². The summed E-state index contributed by atoms with van der Waals surface area (Å²) in [6, 6.07) is 6.52. The molecular formula is C24H40N2O. The Bertz CT molecular complexity index is 561. The molecule has 3 nitrogen and oxygen atoms in total. The highest BCUT2D eigenvalue weighted by Crippen LogP contribution is 2.24. The second-order valence-electron chi connectivity index (χ2n) is 8.17. The van der Waals surface area contributed by atoms with Crippen LogP contribution in [0.2, 0.25) is 0 Å². The first-order valence-electron chi connectivity index (χ1n) is 11.2. The van der Waals surface area contributed by atoms with Crippen LogP contribution in [0.4, 0.5) is 5.69 Å². The molecule has 2 rings (SSSR count). The lowest BCUT2D eigenvalue weighted by molar-refractivity contribution is -0.131. The average molecular weight is 373 g/mol. The van der Waals surface area contributed by atoms with Gasteiger partial charge in [0.15, 0.2) is 0 Å². The van der Waals surface area contributed by atoms with E-state index in [1.54, 1.807) is 0 Å². The van der Waals surface area contributed by atoms with Gasteiger partial charge in [0.25, 0.3) is 0 Å². The SMILES string of the molecule is CCCCCCCCCCCC(=O)N1CCN(c2cccc(C)c2C)CC1. The van der Waals surface area contributed by atoms with Crippen molar-refractivity contribution in [3.05, 3.63) is 29.3 Å². The maximum atomic E-state index is 12.5. The molecule has 0 bridgehead atoms. The van der Waals surface area contributed by atoms with E-state index in [-0.39, 0.29) is 0 Å². The molecule has 0 atom stereocenters. The van der Waals surface area contributed by atoms with Crippen LogP contribution in [0, 0.1) is 13.8 Å². The minimum Gasteiger partial charge on any atom is -0.368 e. The summed E-state index contributed by atoms with van der Waals surface area (Å²) in [5, 5.41) is 0. The largest absolute Gasteiger partial charge is 0.368 e. The van der Waals surface area contributed by atoms with E-state index in [4.69, 9.17) is 0 Å². The normalized spacial score (nSPS) is 14.6. The topological polar surface area (TPSA) is 23.6 Å². The maximum absolute atomic E-state index is 12.5. The lowest BCUT2D eigenvalue weighted by Gasteiger charge is -2.37. The number of benzene rings is 1. The van der Waals surface area contributed by atoms with Crippen LogP contribution < -0.4 is 4.90 Å². The Kier molecular flexibility index (Phi) is 9.72. The molecule has 0 radical (unpaired) electrons. The molecule has 0 spiro atoms. The third-order valence-electron chi connectivity index (χ3n) is 6.04. The molecule has 1 aliphatic heterocycles. The number of hydrogen-bond acceptors (Lipinski definition) is 2. The number of hydrogen-bond donors (Lipinski definition) is 0. The lowest BCUT2D eigenvalue weighted by atomic mass is 10.1. The zero-order chi connectivity index (χ0) is 19.5. The van der Waals surface area contributed by atoms with Gasteiger partial charge in [-0.25, -0.2) is 0 Å². The number of amides is 1. The molecule has 0 unspecified atom stereocenters. The van der Waals surface area contributed by atoms with Gasteiger partial charge < -0.3 is 9.80 Å². The smallest absolute Gasteiger partial charge is 0.222 e. The van der Waals surface area contributed by atoms with Gasteiger partial charge in [0.2, 0.25) is 5.91 Å². The summed E-state index contributed by atoms with van der Waals surface area (Å²) in [7, 11) is 0. The third kappa shape index (κ3) is 7.20. The van der Waals surface area contributed by atoms with Crippen LogP contribution in [0.1, 0.15) is 82.3 Å². The van der Waals surface area contributed by atoms with Gasteiger partial charge >= 0.3 is 0 Å². The first-order valence-corrected chi connectivity index (χ1v) is 11.2. The number of anilines is 1. The van der Waals surface area contributed by atoms with Crippen molar-refractivity contribution < 1.29 is 4.79 Å². The standard InChI is InChI=1S/C24H40N2O/c1-4-5-6-7-8-9-10-11-12-16-24(27)26-19-17-25(18-20-26)23-15-13-14-21(2)22(23)3/h13-15H,4-12,16-20H2,1-3H3. The van der Waals surface area contributed by atoms with Crippen molar-refractivity contribution in [1.29, 1.82) is 0 Å². The minimum absolute atomic E-state index is 0.360. The van der Waals surface area contributed by atoms with Gasteiger partial charge in [-0.15, -0.1) is 0 Å². The first kappa shape index (κ1) is 21.8. The van der Waals surface area contributed by atoms with Crippen molar-refractivity contribution in [3.63, 3.8) is 0 Å². The van der Waals surface area contributed by atoms with Crippen molar-refractivity contribution in [2.45, 2.75) is 85.0 Å². The predicted molar refractivity (Wildman–Crippen MR) is 117 cm³/mol. The average Bonchev–Trinajstić information content (AvgIpc) is 2.69. The highest BCUT2D eigenvalue weighted by atomic mass is 16.2. The molecule has 1 heterocycles. The van der Waals surface area contributed by atoms with Gasteiger partial charge in [-0.3, -0.25) is 4.79 Å². The number of carbonyl (C=O) groups is 1. The Hall–Kier alpha value is -1.51. The summed E-state index contributed by atoms with van der Waals surface area (Å²) in [6.07, 6.45) is 12.5. The third-order valence-corrected chi connectivity index (χ3v) is 6.04. The van der Waals surface area contributed by atoms with E-state index in [1.807, 2.05) is 0 Å². The second kappa shape index (κ2) is 12.0. The molecule has 0 aromatic heterocycles. The van der Waals surface area contributed by atoms with Crippen LogP contribution in [0.5, 0.6) is 0 Å². The van der Waals surface area contributed by atoms with Gasteiger partial charge in [-0.1, -0.05) is 70.4 Å². The molecule has 152 valence electrons. The molecular weight excluding hydrogens is 332 g/mol. The molecule has 27 heavy (non-hydrogen) atoms. The van der Waals surface area contributed by atoms with Crippen LogP contribution in [0.25, 0.3) is 0 Å². The van der Waals surface area contributed by atoms with Gasteiger partial charge in [-0.05, 0) is 37.5 Å². The van der Waals surface area contributed by atoms with E-state index < -0.39 is 0 Å². The first-order chi connectivity index (χ1) is 13.1. The van der Waals surface area contributed by atoms with Gasteiger partial charge in [-0.2, -0.15) is 0 Å². The minimum atomic E-state index is 0.360. The summed E-state index contributed by atoms with van der Waals surface area (Å²) >= 11 is 0. The van der Waals surface area contributed by atoms with Gasteiger partial charge in [0.1, 0.15) is 0 Å². The maximum Gasteiger partial charge on any atom is 0.222 e. The molecule has 1 aliphatic rings. The summed E-state index contributed by atoms with van der Waals surface area (Å²) < 4.78 is 0. The summed E-state index contributed by atoms with van der Waals surface area (Å²) in [6.45, 7) is 10.3. The number of carbonyl (C=O) groups excluding carboxylic acids is 1. The molecule has 3 heteroatoms. The van der Waals surface area contributed by atoms with E-state index in [0.717, 1.165) is 39.0 Å². The zero-order valence-corrected chi connectivity index (χ0v) is 17.9. The van der Waals surface area contributed by atoms with Crippen molar-refractivity contribution in [3.8, 4) is 0 Å². The Labute approximate surface area is 167 Å². The predicted octanol–water partition coefficient (Wildman–Crippen LogP) is 5.87. The van der Waals surface area contributed by atoms with Crippen LogP contribution >= 0.6 is 0 Å². The number of unbranched alkanes of at least 4 members (excludes halogenated alkanes) is 8. The summed E-state index contributed by atoms with van der Waals surface area (Å²) in [5.74, 6) is 0.360. The van der Waals surface area contributed by atoms with Crippen LogP contribution in [-0.2, 0) is 4.79 Å². The monoisotopic (exact) mass is 372 g/mol. The fourth-order valence-corrected chi connectivity index (χ4v) is 4.02. The quantitative estimate of drug-likeness (QED) is 0.453. The van der Waals surface area contributed by atoms with Crippen molar-refractivity contribution in [2.24, 2.45) is 0 Å². The Morgan fingerprint density at radius 2 is 1.44 bits per heavy atom. The fourth-order valence-electron chi connectivity index (χ4n) is 4.02. The summed E-state index contributed by atoms with van der Waals surface area (Å²) in [5.41, 5.74) is 4.05. The Morgan fingerprint density at radius 3 is 2.07 bits per heavy atom. The van der Waals surface area contributed by atoms with Crippen molar-refractivity contribution >= 4 is 11.6 Å². The van der Waals surface area contributed by atoms with E-state index in [1.165, 1.54) is 68.2 Å². The van der Waals surface area contributed by atoms with Crippen molar-refractivity contribution in [1.82, 2.24) is 4.90 Å². The number of nitrogens with zero attached hydrogens (tertiary/aromatic N) is 2.